The van der Waals surface area contributed by atoms with Gasteiger partial charge in [0.1, 0.15) is 11.4 Å². The molecule has 0 bridgehead atoms. The third-order valence-corrected chi connectivity index (χ3v) is 5.23. The van der Waals surface area contributed by atoms with Gasteiger partial charge in [-0.15, -0.1) is 0 Å². The Hall–Kier alpha value is -1.84. The monoisotopic (exact) mass is 309 g/mol. The fourth-order valence-corrected chi connectivity index (χ4v) is 4.04. The van der Waals surface area contributed by atoms with Crippen LogP contribution in [-0.4, -0.2) is 13.6 Å². The lowest BCUT2D eigenvalue weighted by Crippen LogP contribution is -2.23. The molecule has 0 radical (unpaired) electrons. The SMILES string of the molecule is CNC[C@@H]1C[C@@]1(Oc1cccc2ccccc12)c1ccsc1. The first-order valence-electron chi connectivity index (χ1n) is 7.67. The lowest BCUT2D eigenvalue weighted by atomic mass is 10.1. The molecule has 0 saturated heterocycles. The van der Waals surface area contributed by atoms with Gasteiger partial charge in [-0.2, -0.15) is 11.3 Å². The molecule has 1 aliphatic rings. The van der Waals surface area contributed by atoms with Crippen LogP contribution in [-0.2, 0) is 5.60 Å². The van der Waals surface area contributed by atoms with E-state index in [0.29, 0.717) is 5.92 Å². The minimum Gasteiger partial charge on any atom is -0.482 e. The molecule has 1 heterocycles. The molecule has 22 heavy (non-hydrogen) atoms. The zero-order valence-corrected chi connectivity index (χ0v) is 13.4. The number of fused-ring (bicyclic) bond motifs is 1. The molecule has 1 aliphatic carbocycles. The third-order valence-electron chi connectivity index (χ3n) is 4.55. The maximum atomic E-state index is 6.60. The first-order chi connectivity index (χ1) is 10.8. The molecular formula is C19H19NOS. The normalized spacial score (nSPS) is 23.6. The quantitative estimate of drug-likeness (QED) is 0.753. The molecule has 2 nitrogen and oxygen atoms in total. The van der Waals surface area contributed by atoms with E-state index in [2.05, 4.69) is 64.6 Å². The van der Waals surface area contributed by atoms with Gasteiger partial charge in [-0.3, -0.25) is 0 Å². The molecule has 4 rings (SSSR count). The molecule has 3 heteroatoms. The largest absolute Gasteiger partial charge is 0.482 e. The predicted octanol–water partition coefficient (Wildman–Crippen LogP) is 4.41. The van der Waals surface area contributed by atoms with Crippen LogP contribution in [0.2, 0.25) is 0 Å². The van der Waals surface area contributed by atoms with Crippen LogP contribution in [0.5, 0.6) is 5.75 Å². The second-order valence-corrected chi connectivity index (χ2v) is 6.72. The Morgan fingerprint density at radius 1 is 1.18 bits per heavy atom. The van der Waals surface area contributed by atoms with Crippen LogP contribution in [0.25, 0.3) is 10.8 Å². The summed E-state index contributed by atoms with van der Waals surface area (Å²) in [6, 6.07) is 16.9. The van der Waals surface area contributed by atoms with Crippen molar-refractivity contribution < 1.29 is 4.74 Å². The lowest BCUT2D eigenvalue weighted by Gasteiger charge is -2.21. The number of benzene rings is 2. The fourth-order valence-electron chi connectivity index (χ4n) is 3.31. The first kappa shape index (κ1) is 13.8. The Balaban J connectivity index is 1.73. The molecule has 1 aromatic heterocycles. The lowest BCUT2D eigenvalue weighted by molar-refractivity contribution is 0.163. The van der Waals surface area contributed by atoms with E-state index in [1.54, 1.807) is 11.3 Å². The van der Waals surface area contributed by atoms with Gasteiger partial charge in [-0.1, -0.05) is 36.4 Å². The van der Waals surface area contributed by atoms with E-state index in [1.807, 2.05) is 7.05 Å². The highest BCUT2D eigenvalue weighted by Crippen LogP contribution is 2.55. The van der Waals surface area contributed by atoms with Crippen LogP contribution in [0.3, 0.4) is 0 Å². The van der Waals surface area contributed by atoms with Crippen molar-refractivity contribution in [2.24, 2.45) is 5.92 Å². The van der Waals surface area contributed by atoms with Gasteiger partial charge in [0.25, 0.3) is 0 Å². The second kappa shape index (κ2) is 5.41. The minimum atomic E-state index is -0.160. The number of rotatable bonds is 5. The Morgan fingerprint density at radius 2 is 2.05 bits per heavy atom. The van der Waals surface area contributed by atoms with Gasteiger partial charge in [-0.25, -0.2) is 0 Å². The van der Waals surface area contributed by atoms with Crippen molar-refractivity contribution in [2.75, 3.05) is 13.6 Å². The molecule has 3 aromatic rings. The Bertz CT molecular complexity index is 778. The summed E-state index contributed by atoms with van der Waals surface area (Å²) in [7, 11) is 2.01. The third kappa shape index (κ3) is 2.21. The van der Waals surface area contributed by atoms with E-state index in [-0.39, 0.29) is 5.60 Å². The first-order valence-corrected chi connectivity index (χ1v) is 8.62. The molecule has 112 valence electrons. The Kier molecular flexibility index (Phi) is 3.40. The smallest absolute Gasteiger partial charge is 0.139 e. The number of hydrogen-bond acceptors (Lipinski definition) is 3. The van der Waals surface area contributed by atoms with Crippen LogP contribution >= 0.6 is 11.3 Å². The summed E-state index contributed by atoms with van der Waals surface area (Å²) in [5.41, 5.74) is 1.15. The molecule has 2 aromatic carbocycles. The molecule has 0 amide bonds. The number of ether oxygens (including phenoxy) is 1. The highest BCUT2D eigenvalue weighted by Gasteiger charge is 2.58. The van der Waals surface area contributed by atoms with Crippen molar-refractivity contribution in [3.8, 4) is 5.75 Å². The van der Waals surface area contributed by atoms with Crippen LogP contribution < -0.4 is 10.1 Å². The number of nitrogens with one attached hydrogen (secondary N) is 1. The maximum Gasteiger partial charge on any atom is 0.139 e. The molecule has 0 unspecified atom stereocenters. The van der Waals surface area contributed by atoms with Gasteiger partial charge in [0, 0.05) is 23.4 Å². The molecule has 2 atom stereocenters. The summed E-state index contributed by atoms with van der Waals surface area (Å²) >= 11 is 1.74. The second-order valence-electron chi connectivity index (χ2n) is 5.94. The van der Waals surface area contributed by atoms with Crippen molar-refractivity contribution in [1.29, 1.82) is 0 Å². The van der Waals surface area contributed by atoms with E-state index < -0.39 is 0 Å². The van der Waals surface area contributed by atoms with Gasteiger partial charge >= 0.3 is 0 Å². The average Bonchev–Trinajstić information content (AvgIpc) is 2.99. The van der Waals surface area contributed by atoms with E-state index in [4.69, 9.17) is 4.74 Å². The van der Waals surface area contributed by atoms with Gasteiger partial charge < -0.3 is 10.1 Å². The minimum absolute atomic E-state index is 0.160. The standard InChI is InChI=1S/C19H19NOS/c1-20-12-16-11-19(16,15-9-10-22-13-15)21-18-8-4-6-14-5-2-3-7-17(14)18/h2-10,13,16,20H,11-12H2,1H3/t16-,19+/m0/s1. The van der Waals surface area contributed by atoms with Crippen molar-refractivity contribution in [2.45, 2.75) is 12.0 Å². The Morgan fingerprint density at radius 3 is 2.86 bits per heavy atom. The maximum absolute atomic E-state index is 6.60. The molecular weight excluding hydrogens is 290 g/mol. The fraction of sp³-hybridized carbons (Fsp3) is 0.263. The van der Waals surface area contributed by atoms with E-state index >= 15 is 0 Å². The molecule has 1 saturated carbocycles. The number of hydrogen-bond donors (Lipinski definition) is 1. The molecule has 0 spiro atoms. The summed E-state index contributed by atoms with van der Waals surface area (Å²) in [5, 5.41) is 10.1. The zero-order valence-electron chi connectivity index (χ0n) is 12.6. The number of thiophene rings is 1. The van der Waals surface area contributed by atoms with Gasteiger partial charge in [0.15, 0.2) is 0 Å². The average molecular weight is 309 g/mol. The van der Waals surface area contributed by atoms with Crippen molar-refractivity contribution in [3.05, 3.63) is 64.9 Å². The predicted molar refractivity (Wildman–Crippen MR) is 92.6 cm³/mol. The summed E-state index contributed by atoms with van der Waals surface area (Å²) in [4.78, 5) is 0. The molecule has 0 aliphatic heterocycles. The topological polar surface area (TPSA) is 21.3 Å². The van der Waals surface area contributed by atoms with Gasteiger partial charge in [0.2, 0.25) is 0 Å². The molecule has 1 fully saturated rings. The van der Waals surface area contributed by atoms with E-state index in [0.717, 1.165) is 18.7 Å². The van der Waals surface area contributed by atoms with E-state index in [9.17, 15) is 0 Å². The van der Waals surface area contributed by atoms with Gasteiger partial charge in [0.05, 0.1) is 0 Å². The highest BCUT2D eigenvalue weighted by atomic mass is 32.1. The van der Waals surface area contributed by atoms with Crippen molar-refractivity contribution in [3.63, 3.8) is 0 Å². The van der Waals surface area contributed by atoms with Crippen LogP contribution in [0.15, 0.2) is 59.3 Å². The van der Waals surface area contributed by atoms with Crippen molar-refractivity contribution in [1.82, 2.24) is 5.32 Å². The summed E-state index contributed by atoms with van der Waals surface area (Å²) in [6.07, 6.45) is 1.08. The van der Waals surface area contributed by atoms with Crippen LogP contribution in [0.1, 0.15) is 12.0 Å². The highest BCUT2D eigenvalue weighted by molar-refractivity contribution is 7.08. The van der Waals surface area contributed by atoms with Crippen molar-refractivity contribution >= 4 is 22.1 Å². The van der Waals surface area contributed by atoms with E-state index in [1.165, 1.54) is 16.3 Å². The Labute approximate surface area is 134 Å². The summed E-state index contributed by atoms with van der Waals surface area (Å²) in [6.45, 7) is 0.987. The zero-order chi connectivity index (χ0) is 15.0. The van der Waals surface area contributed by atoms with Crippen LogP contribution in [0.4, 0.5) is 0 Å². The summed E-state index contributed by atoms with van der Waals surface area (Å²) < 4.78 is 6.60. The van der Waals surface area contributed by atoms with Gasteiger partial charge in [-0.05, 0) is 41.7 Å². The summed E-state index contributed by atoms with van der Waals surface area (Å²) in [5.74, 6) is 1.52. The molecule has 1 N–H and O–H groups in total. The van der Waals surface area contributed by atoms with Crippen LogP contribution in [0, 0.1) is 5.92 Å².